The number of rotatable bonds is 8. The van der Waals surface area contributed by atoms with E-state index in [2.05, 4.69) is 5.32 Å². The molecule has 2 aromatic carbocycles. The van der Waals surface area contributed by atoms with E-state index in [0.29, 0.717) is 23.8 Å². The third-order valence-electron chi connectivity index (χ3n) is 3.57. The predicted molar refractivity (Wildman–Crippen MR) is 99.8 cm³/mol. The number of ether oxygens (including phenoxy) is 4. The summed E-state index contributed by atoms with van der Waals surface area (Å²) in [5.74, 6) is 1.68. The fourth-order valence-electron chi connectivity index (χ4n) is 2.31. The monoisotopic (exact) mass is 357 g/mol. The van der Waals surface area contributed by atoms with Crippen molar-refractivity contribution < 1.29 is 23.7 Å². The first kappa shape index (κ1) is 19.2. The molecule has 1 amide bonds. The number of methoxy groups -OCH3 is 3. The summed E-state index contributed by atoms with van der Waals surface area (Å²) >= 11 is 0. The Morgan fingerprint density at radius 3 is 2.23 bits per heavy atom. The number of carbonyl (C=O) groups excluding carboxylic acids is 1. The van der Waals surface area contributed by atoms with E-state index < -0.39 is 6.09 Å². The fraction of sp³-hybridized carbons (Fsp3) is 0.250. The zero-order chi connectivity index (χ0) is 18.8. The highest BCUT2D eigenvalue weighted by atomic mass is 16.5. The number of alkyl carbamates (subject to hydrolysis) is 1. The lowest BCUT2D eigenvalue weighted by Gasteiger charge is -2.12. The van der Waals surface area contributed by atoms with Crippen molar-refractivity contribution in [2.75, 3.05) is 27.9 Å². The molecule has 0 saturated carbocycles. The molecule has 6 nitrogen and oxygen atoms in total. The second kappa shape index (κ2) is 9.98. The minimum absolute atomic E-state index is 0.239. The smallest absolute Gasteiger partial charge is 0.407 e. The summed E-state index contributed by atoms with van der Waals surface area (Å²) in [7, 11) is 4.69. The van der Waals surface area contributed by atoms with Crippen LogP contribution in [-0.2, 0) is 11.3 Å². The average molecular weight is 357 g/mol. The van der Waals surface area contributed by atoms with E-state index in [4.69, 9.17) is 18.9 Å². The van der Waals surface area contributed by atoms with E-state index in [-0.39, 0.29) is 6.61 Å². The van der Waals surface area contributed by atoms with E-state index in [0.717, 1.165) is 11.1 Å². The summed E-state index contributed by atoms with van der Waals surface area (Å²) in [6.07, 6.45) is 3.19. The van der Waals surface area contributed by atoms with E-state index in [1.807, 2.05) is 54.6 Å². The largest absolute Gasteiger partial charge is 0.493 e. The Balaban J connectivity index is 1.87. The van der Waals surface area contributed by atoms with E-state index in [1.165, 1.54) is 0 Å². The summed E-state index contributed by atoms with van der Waals surface area (Å²) in [6, 6.07) is 13.2. The molecule has 0 aromatic heterocycles. The first-order chi connectivity index (χ1) is 12.7. The Morgan fingerprint density at radius 2 is 1.65 bits per heavy atom. The molecule has 1 N–H and O–H groups in total. The molecule has 0 unspecified atom stereocenters. The first-order valence-corrected chi connectivity index (χ1v) is 8.09. The molecule has 0 aliphatic rings. The second-order valence-electron chi connectivity index (χ2n) is 5.30. The molecule has 0 aliphatic carbocycles. The lowest BCUT2D eigenvalue weighted by molar-refractivity contribution is 0.141. The standard InChI is InChI=1S/C20H23NO5/c1-23-17-12-16(13-18(24-2)19(17)25-3)10-7-11-21-20(22)26-14-15-8-5-4-6-9-15/h4-10,12-13H,11,14H2,1-3H3,(H,21,22). The Labute approximate surface area is 153 Å². The van der Waals surface area contributed by atoms with Crippen molar-refractivity contribution in [3.05, 3.63) is 59.7 Å². The molecular formula is C20H23NO5. The van der Waals surface area contributed by atoms with E-state index >= 15 is 0 Å². The van der Waals surface area contributed by atoms with Gasteiger partial charge in [0.1, 0.15) is 6.61 Å². The predicted octanol–water partition coefficient (Wildman–Crippen LogP) is 3.65. The van der Waals surface area contributed by atoms with Gasteiger partial charge in [-0.2, -0.15) is 0 Å². The number of carbonyl (C=O) groups is 1. The van der Waals surface area contributed by atoms with Crippen LogP contribution in [0.15, 0.2) is 48.5 Å². The molecule has 0 heterocycles. The van der Waals surface area contributed by atoms with Gasteiger partial charge < -0.3 is 24.3 Å². The Morgan fingerprint density at radius 1 is 1.00 bits per heavy atom. The summed E-state index contributed by atoms with van der Waals surface area (Å²) in [4.78, 5) is 11.7. The maximum atomic E-state index is 11.7. The van der Waals surface area contributed by atoms with E-state index in [9.17, 15) is 4.79 Å². The van der Waals surface area contributed by atoms with E-state index in [1.54, 1.807) is 21.3 Å². The zero-order valence-electron chi connectivity index (χ0n) is 15.2. The molecule has 0 bridgehead atoms. The first-order valence-electron chi connectivity index (χ1n) is 8.09. The number of amides is 1. The van der Waals surface area contributed by atoms with Gasteiger partial charge in [0.15, 0.2) is 11.5 Å². The summed E-state index contributed by atoms with van der Waals surface area (Å²) < 4.78 is 21.0. The van der Waals surface area contributed by atoms with Gasteiger partial charge in [-0.25, -0.2) is 4.79 Å². The van der Waals surface area contributed by atoms with Crippen molar-refractivity contribution >= 4 is 12.2 Å². The third-order valence-corrected chi connectivity index (χ3v) is 3.57. The van der Waals surface area contributed by atoms with Crippen LogP contribution in [0, 0.1) is 0 Å². The minimum atomic E-state index is -0.469. The van der Waals surface area contributed by atoms with Crippen LogP contribution in [-0.4, -0.2) is 34.0 Å². The van der Waals surface area contributed by atoms with Crippen LogP contribution in [0.25, 0.3) is 6.08 Å². The number of hydrogen-bond donors (Lipinski definition) is 1. The average Bonchev–Trinajstić information content (AvgIpc) is 2.69. The highest BCUT2D eigenvalue weighted by Crippen LogP contribution is 2.38. The SMILES string of the molecule is COc1cc(C=CCNC(=O)OCc2ccccc2)cc(OC)c1OC. The maximum Gasteiger partial charge on any atom is 0.407 e. The van der Waals surface area contributed by atoms with Gasteiger partial charge in [0.25, 0.3) is 0 Å². The number of hydrogen-bond acceptors (Lipinski definition) is 5. The lowest BCUT2D eigenvalue weighted by Crippen LogP contribution is -2.24. The van der Waals surface area contributed by atoms with Gasteiger partial charge in [-0.3, -0.25) is 0 Å². The third kappa shape index (κ3) is 5.44. The van der Waals surface area contributed by atoms with Crippen LogP contribution in [0.1, 0.15) is 11.1 Å². The van der Waals surface area contributed by atoms with Gasteiger partial charge in [0, 0.05) is 6.54 Å². The Kier molecular flexibility index (Phi) is 7.36. The van der Waals surface area contributed by atoms with Crippen LogP contribution in [0.2, 0.25) is 0 Å². The van der Waals surface area contributed by atoms with Crippen LogP contribution in [0.4, 0.5) is 4.79 Å². The molecule has 0 fully saturated rings. The Bertz CT molecular complexity index is 718. The molecule has 26 heavy (non-hydrogen) atoms. The van der Waals surface area contributed by atoms with Gasteiger partial charge in [-0.05, 0) is 23.3 Å². The van der Waals surface area contributed by atoms with Crippen molar-refractivity contribution in [1.82, 2.24) is 5.32 Å². The van der Waals surface area contributed by atoms with Crippen LogP contribution in [0.5, 0.6) is 17.2 Å². The normalized spacial score (nSPS) is 10.4. The molecule has 0 atom stereocenters. The van der Waals surface area contributed by atoms with Gasteiger partial charge in [-0.1, -0.05) is 42.5 Å². The van der Waals surface area contributed by atoms with Crippen LogP contribution < -0.4 is 19.5 Å². The molecule has 2 aromatic rings. The summed E-state index contributed by atoms with van der Waals surface area (Å²) in [5, 5.41) is 2.67. The second-order valence-corrected chi connectivity index (χ2v) is 5.30. The summed E-state index contributed by atoms with van der Waals surface area (Å²) in [5.41, 5.74) is 1.80. The van der Waals surface area contributed by atoms with Gasteiger partial charge in [0.2, 0.25) is 5.75 Å². The number of nitrogens with one attached hydrogen (secondary N) is 1. The topological polar surface area (TPSA) is 66.0 Å². The van der Waals surface area contributed by atoms with Gasteiger partial charge in [-0.15, -0.1) is 0 Å². The molecule has 0 saturated heterocycles. The lowest BCUT2D eigenvalue weighted by atomic mass is 10.1. The fourth-order valence-corrected chi connectivity index (χ4v) is 2.31. The highest BCUT2D eigenvalue weighted by Gasteiger charge is 2.11. The minimum Gasteiger partial charge on any atom is -0.493 e. The molecular weight excluding hydrogens is 334 g/mol. The summed E-state index contributed by atoms with van der Waals surface area (Å²) in [6.45, 7) is 0.577. The molecule has 0 aliphatic heterocycles. The molecule has 6 heteroatoms. The van der Waals surface area contributed by atoms with Crippen LogP contribution in [0.3, 0.4) is 0 Å². The number of benzene rings is 2. The van der Waals surface area contributed by atoms with Crippen molar-refractivity contribution in [3.8, 4) is 17.2 Å². The van der Waals surface area contributed by atoms with Crippen LogP contribution >= 0.6 is 0 Å². The van der Waals surface area contributed by atoms with Gasteiger partial charge >= 0.3 is 6.09 Å². The maximum absolute atomic E-state index is 11.7. The zero-order valence-corrected chi connectivity index (χ0v) is 15.2. The van der Waals surface area contributed by atoms with Crippen molar-refractivity contribution in [3.63, 3.8) is 0 Å². The van der Waals surface area contributed by atoms with Crippen molar-refractivity contribution in [2.24, 2.45) is 0 Å². The molecule has 0 radical (unpaired) electrons. The van der Waals surface area contributed by atoms with Gasteiger partial charge in [0.05, 0.1) is 21.3 Å². The van der Waals surface area contributed by atoms with Crippen molar-refractivity contribution in [1.29, 1.82) is 0 Å². The Hall–Kier alpha value is -3.15. The molecule has 2 rings (SSSR count). The van der Waals surface area contributed by atoms with Crippen molar-refractivity contribution in [2.45, 2.75) is 6.61 Å². The molecule has 138 valence electrons. The highest BCUT2D eigenvalue weighted by molar-refractivity contribution is 5.68. The molecule has 0 spiro atoms. The quantitative estimate of drug-likeness (QED) is 0.781.